The van der Waals surface area contributed by atoms with Gasteiger partial charge in [0, 0.05) is 17.6 Å². The topological polar surface area (TPSA) is 52.6 Å². The first-order valence-corrected chi connectivity index (χ1v) is 11.5. The second kappa shape index (κ2) is 11.4. The number of halogens is 1. The van der Waals surface area contributed by atoms with Crippen LogP contribution in [0.25, 0.3) is 11.1 Å². The van der Waals surface area contributed by atoms with E-state index in [0.717, 1.165) is 33.6 Å². The van der Waals surface area contributed by atoms with Gasteiger partial charge in [0.2, 0.25) is 0 Å². The molecule has 0 aromatic heterocycles. The molecule has 0 bridgehead atoms. The Morgan fingerprint density at radius 3 is 2.43 bits per heavy atom. The van der Waals surface area contributed by atoms with Gasteiger partial charge in [-0.15, -0.1) is 23.4 Å². The lowest BCUT2D eigenvalue weighted by atomic mass is 9.97. The van der Waals surface area contributed by atoms with Crippen LogP contribution in [0.1, 0.15) is 37.5 Å². The number of hydrogen-bond acceptors (Lipinski definition) is 5. The number of ketones is 1. The van der Waals surface area contributed by atoms with Crippen LogP contribution < -0.4 is 4.74 Å². The van der Waals surface area contributed by atoms with E-state index in [2.05, 4.69) is 12.1 Å². The average molecular weight is 449 g/mol. The van der Waals surface area contributed by atoms with Crippen molar-refractivity contribution in [3.05, 3.63) is 53.1 Å². The lowest BCUT2D eigenvalue weighted by molar-refractivity contribution is -0.145. The Labute approximate surface area is 188 Å². The molecule has 0 aliphatic rings. The van der Waals surface area contributed by atoms with Crippen molar-refractivity contribution in [3.63, 3.8) is 0 Å². The first-order chi connectivity index (χ1) is 14.3. The van der Waals surface area contributed by atoms with Gasteiger partial charge in [-0.1, -0.05) is 32.0 Å². The summed E-state index contributed by atoms with van der Waals surface area (Å²) in [6.07, 6.45) is 0. The summed E-state index contributed by atoms with van der Waals surface area (Å²) in [4.78, 5) is 25.0. The summed E-state index contributed by atoms with van der Waals surface area (Å²) in [5.74, 6) is 0.828. The van der Waals surface area contributed by atoms with E-state index in [1.54, 1.807) is 27.9 Å². The molecule has 0 amide bonds. The summed E-state index contributed by atoms with van der Waals surface area (Å²) in [5.41, 5.74) is 5.23. The lowest BCUT2D eigenvalue weighted by Gasteiger charge is -2.18. The summed E-state index contributed by atoms with van der Waals surface area (Å²) in [5, 5.41) is -0.837. The third-order valence-corrected chi connectivity index (χ3v) is 6.38. The number of thioether (sulfide) groups is 1. The SMILES string of the molecule is CCOC(=O)C(SCc1ccc(OC)cc1-c1ccc(C)c(CCl)c1)C(=O)C(C)C. The molecule has 0 N–H and O–H groups in total. The maximum Gasteiger partial charge on any atom is 0.326 e. The molecule has 0 saturated heterocycles. The molecule has 162 valence electrons. The van der Waals surface area contributed by atoms with Gasteiger partial charge >= 0.3 is 5.97 Å². The number of methoxy groups -OCH3 is 1. The molecule has 2 aromatic carbocycles. The van der Waals surface area contributed by atoms with E-state index < -0.39 is 11.2 Å². The Kier molecular flexibility index (Phi) is 9.25. The third-order valence-electron chi connectivity index (χ3n) is 4.85. The van der Waals surface area contributed by atoms with Gasteiger partial charge in [0.25, 0.3) is 0 Å². The van der Waals surface area contributed by atoms with Crippen molar-refractivity contribution in [2.45, 2.75) is 44.6 Å². The standard InChI is InChI=1S/C24H29ClO4S/c1-6-29-24(27)23(22(26)15(2)3)30-14-18-9-10-20(28-5)12-21(18)17-8-7-16(4)19(11-17)13-25/h7-12,15,23H,6,13-14H2,1-5H3. The first-order valence-electron chi connectivity index (χ1n) is 9.97. The van der Waals surface area contributed by atoms with Gasteiger partial charge in [0.15, 0.2) is 11.0 Å². The molecular formula is C24H29ClO4S. The molecule has 0 heterocycles. The Bertz CT molecular complexity index is 895. The van der Waals surface area contributed by atoms with E-state index in [1.165, 1.54) is 11.8 Å². The van der Waals surface area contributed by atoms with Crippen molar-refractivity contribution in [2.75, 3.05) is 13.7 Å². The van der Waals surface area contributed by atoms with Crippen LogP contribution >= 0.6 is 23.4 Å². The van der Waals surface area contributed by atoms with Crippen LogP contribution in [0.15, 0.2) is 36.4 Å². The Morgan fingerprint density at radius 2 is 1.83 bits per heavy atom. The van der Waals surface area contributed by atoms with E-state index in [1.807, 2.05) is 31.2 Å². The zero-order valence-corrected chi connectivity index (χ0v) is 19.7. The van der Waals surface area contributed by atoms with E-state index in [-0.39, 0.29) is 18.3 Å². The predicted octanol–water partition coefficient (Wildman–Crippen LogP) is 5.80. The molecular weight excluding hydrogens is 420 g/mol. The van der Waals surface area contributed by atoms with Crippen LogP contribution in [0.2, 0.25) is 0 Å². The van der Waals surface area contributed by atoms with Gasteiger partial charge in [0.05, 0.1) is 13.7 Å². The highest BCUT2D eigenvalue weighted by Crippen LogP contribution is 2.33. The predicted molar refractivity (Wildman–Crippen MR) is 124 cm³/mol. The normalized spacial score (nSPS) is 12.0. The molecule has 30 heavy (non-hydrogen) atoms. The largest absolute Gasteiger partial charge is 0.497 e. The quantitative estimate of drug-likeness (QED) is 0.261. The average Bonchev–Trinajstić information content (AvgIpc) is 2.74. The summed E-state index contributed by atoms with van der Waals surface area (Å²) in [6.45, 7) is 7.62. The Morgan fingerprint density at radius 1 is 1.10 bits per heavy atom. The van der Waals surface area contributed by atoms with E-state index >= 15 is 0 Å². The van der Waals surface area contributed by atoms with Gasteiger partial charge in [0.1, 0.15) is 5.75 Å². The van der Waals surface area contributed by atoms with Crippen molar-refractivity contribution in [1.82, 2.24) is 0 Å². The molecule has 0 spiro atoms. The molecule has 0 radical (unpaired) electrons. The summed E-state index contributed by atoms with van der Waals surface area (Å²) >= 11 is 7.41. The number of carbonyl (C=O) groups is 2. The number of aryl methyl sites for hydroxylation is 1. The molecule has 4 nitrogen and oxygen atoms in total. The second-order valence-corrected chi connectivity index (χ2v) is 8.66. The molecule has 0 aliphatic carbocycles. The summed E-state index contributed by atoms with van der Waals surface area (Å²) in [6, 6.07) is 12.0. The number of benzene rings is 2. The monoisotopic (exact) mass is 448 g/mol. The number of carbonyl (C=O) groups excluding carboxylic acids is 2. The van der Waals surface area contributed by atoms with Gasteiger partial charge in [-0.05, 0) is 59.9 Å². The van der Waals surface area contributed by atoms with Gasteiger partial charge in [-0.25, -0.2) is 0 Å². The number of rotatable bonds is 10. The fourth-order valence-electron chi connectivity index (χ4n) is 3.02. The van der Waals surface area contributed by atoms with E-state index in [0.29, 0.717) is 11.6 Å². The summed E-state index contributed by atoms with van der Waals surface area (Å²) < 4.78 is 10.6. The van der Waals surface area contributed by atoms with Gasteiger partial charge in [-0.3, -0.25) is 9.59 Å². The van der Waals surface area contributed by atoms with E-state index in [9.17, 15) is 9.59 Å². The summed E-state index contributed by atoms with van der Waals surface area (Å²) in [7, 11) is 1.63. The van der Waals surface area contributed by atoms with Crippen LogP contribution in [-0.4, -0.2) is 30.7 Å². The Hall–Kier alpha value is -1.98. The smallest absolute Gasteiger partial charge is 0.326 e. The number of hydrogen-bond donors (Lipinski definition) is 0. The fourth-order valence-corrected chi connectivity index (χ4v) is 4.55. The van der Waals surface area contributed by atoms with Crippen LogP contribution in [0.3, 0.4) is 0 Å². The molecule has 0 saturated carbocycles. The molecule has 6 heteroatoms. The zero-order valence-electron chi connectivity index (χ0n) is 18.2. The molecule has 2 rings (SSSR count). The van der Waals surface area contributed by atoms with Gasteiger partial charge in [-0.2, -0.15) is 0 Å². The van der Waals surface area contributed by atoms with Crippen LogP contribution in [0.5, 0.6) is 5.75 Å². The maximum absolute atomic E-state index is 12.6. The van der Waals surface area contributed by atoms with Crippen molar-refractivity contribution >= 4 is 35.1 Å². The fraction of sp³-hybridized carbons (Fsp3) is 0.417. The molecule has 0 fully saturated rings. The number of Topliss-reactive ketones (excluding diaryl/α,β-unsaturated/α-hetero) is 1. The molecule has 2 aromatic rings. The molecule has 0 aliphatic heterocycles. The number of ether oxygens (including phenoxy) is 2. The minimum atomic E-state index is -0.837. The highest BCUT2D eigenvalue weighted by Gasteiger charge is 2.30. The number of esters is 1. The van der Waals surface area contributed by atoms with E-state index in [4.69, 9.17) is 21.1 Å². The molecule has 1 unspecified atom stereocenters. The van der Waals surface area contributed by atoms with Crippen LogP contribution in [0.4, 0.5) is 0 Å². The minimum absolute atomic E-state index is 0.117. The van der Waals surface area contributed by atoms with Crippen molar-refractivity contribution in [2.24, 2.45) is 5.92 Å². The second-order valence-electron chi connectivity index (χ2n) is 7.30. The first kappa shape index (κ1) is 24.3. The minimum Gasteiger partial charge on any atom is -0.497 e. The third kappa shape index (κ3) is 6.02. The van der Waals surface area contributed by atoms with Crippen LogP contribution in [0, 0.1) is 12.8 Å². The zero-order chi connectivity index (χ0) is 22.3. The highest BCUT2D eigenvalue weighted by molar-refractivity contribution is 8.00. The maximum atomic E-state index is 12.6. The number of alkyl halides is 1. The lowest BCUT2D eigenvalue weighted by Crippen LogP contribution is -2.32. The van der Waals surface area contributed by atoms with Gasteiger partial charge < -0.3 is 9.47 Å². The van der Waals surface area contributed by atoms with Crippen molar-refractivity contribution in [1.29, 1.82) is 0 Å². The molecule has 1 atom stereocenters. The Balaban J connectivity index is 2.39. The highest BCUT2D eigenvalue weighted by atomic mass is 35.5. The van der Waals surface area contributed by atoms with Crippen molar-refractivity contribution < 1.29 is 19.1 Å². The van der Waals surface area contributed by atoms with Crippen LogP contribution in [-0.2, 0) is 26.0 Å². The van der Waals surface area contributed by atoms with Crippen molar-refractivity contribution in [3.8, 4) is 16.9 Å².